The second-order valence-electron chi connectivity index (χ2n) is 5.16. The summed E-state index contributed by atoms with van der Waals surface area (Å²) in [7, 11) is 2.42. The van der Waals surface area contributed by atoms with Crippen LogP contribution in [-0.4, -0.2) is 31.3 Å². The molecular weight excluding hydrogens is 324 g/mol. The molecule has 2 rings (SSSR count). The van der Waals surface area contributed by atoms with E-state index >= 15 is 0 Å². The van der Waals surface area contributed by atoms with Crippen molar-refractivity contribution in [1.82, 2.24) is 0 Å². The molecule has 0 heterocycles. The average Bonchev–Trinajstić information content (AvgIpc) is 2.63. The maximum absolute atomic E-state index is 12.0. The second kappa shape index (κ2) is 8.01. The van der Waals surface area contributed by atoms with Crippen molar-refractivity contribution in [3.63, 3.8) is 0 Å². The van der Waals surface area contributed by atoms with Crippen molar-refractivity contribution < 1.29 is 28.9 Å². The van der Waals surface area contributed by atoms with Crippen LogP contribution >= 0.6 is 0 Å². The first kappa shape index (κ1) is 18.1. The number of hydrogen-bond acceptors (Lipinski definition) is 6. The van der Waals surface area contributed by atoms with Gasteiger partial charge in [0.15, 0.2) is 11.5 Å². The third-order valence-electron chi connectivity index (χ3n) is 3.39. The molecule has 0 saturated heterocycles. The van der Waals surface area contributed by atoms with Crippen LogP contribution in [0.4, 0.5) is 0 Å². The van der Waals surface area contributed by atoms with Gasteiger partial charge in [-0.1, -0.05) is 35.9 Å². The van der Waals surface area contributed by atoms with Crippen LogP contribution in [0.15, 0.2) is 48.2 Å². The predicted molar refractivity (Wildman–Crippen MR) is 91.2 cm³/mol. The van der Waals surface area contributed by atoms with Crippen molar-refractivity contribution in [2.45, 2.75) is 6.92 Å². The molecule has 0 amide bonds. The number of phenols is 1. The van der Waals surface area contributed by atoms with E-state index in [0.29, 0.717) is 0 Å². The number of carbonyl (C=O) groups is 2. The molecule has 6 nitrogen and oxygen atoms in total. The zero-order chi connectivity index (χ0) is 18.4. The molecule has 6 heteroatoms. The van der Waals surface area contributed by atoms with Gasteiger partial charge in [0.1, 0.15) is 5.56 Å². The second-order valence-corrected chi connectivity index (χ2v) is 5.16. The van der Waals surface area contributed by atoms with Gasteiger partial charge in [-0.15, -0.1) is 0 Å². The molecule has 0 atom stereocenters. The van der Waals surface area contributed by atoms with E-state index in [1.54, 1.807) is 0 Å². The van der Waals surface area contributed by atoms with E-state index in [1.807, 2.05) is 31.2 Å². The lowest BCUT2D eigenvalue weighted by atomic mass is 10.1. The fourth-order valence-electron chi connectivity index (χ4n) is 2.04. The summed E-state index contributed by atoms with van der Waals surface area (Å²) in [6.45, 7) is 1.95. The standard InChI is InChI=1S/C19H18O6/c1-12-7-9-13(10-8-12)11-16(19(22)24-3)25-15-6-4-5-14(17(15)20)18(21)23-2/h4-11,20H,1-3H3/b16-11-. The average molecular weight is 342 g/mol. The molecule has 25 heavy (non-hydrogen) atoms. The number of para-hydroxylation sites is 1. The molecule has 0 radical (unpaired) electrons. The summed E-state index contributed by atoms with van der Waals surface area (Å²) in [5.74, 6) is -2.06. The number of esters is 2. The van der Waals surface area contributed by atoms with E-state index in [2.05, 4.69) is 4.74 Å². The summed E-state index contributed by atoms with van der Waals surface area (Å²) >= 11 is 0. The summed E-state index contributed by atoms with van der Waals surface area (Å²) in [6, 6.07) is 11.7. The topological polar surface area (TPSA) is 82.1 Å². The van der Waals surface area contributed by atoms with E-state index in [0.717, 1.165) is 11.1 Å². The summed E-state index contributed by atoms with van der Waals surface area (Å²) in [5, 5.41) is 10.2. The lowest BCUT2D eigenvalue weighted by Gasteiger charge is -2.11. The number of ether oxygens (including phenoxy) is 3. The molecule has 2 aromatic rings. The Bertz CT molecular complexity index is 805. The highest BCUT2D eigenvalue weighted by molar-refractivity contribution is 5.94. The highest BCUT2D eigenvalue weighted by Crippen LogP contribution is 2.32. The monoisotopic (exact) mass is 342 g/mol. The van der Waals surface area contributed by atoms with Crippen LogP contribution in [0.3, 0.4) is 0 Å². The summed E-state index contributed by atoms with van der Waals surface area (Å²) < 4.78 is 14.8. The highest BCUT2D eigenvalue weighted by Gasteiger charge is 2.19. The van der Waals surface area contributed by atoms with E-state index < -0.39 is 17.7 Å². The molecule has 0 aliphatic heterocycles. The van der Waals surface area contributed by atoms with Crippen molar-refractivity contribution in [3.8, 4) is 11.5 Å². The SMILES string of the molecule is COC(=O)/C(=C/c1ccc(C)cc1)Oc1cccc(C(=O)OC)c1O. The van der Waals surface area contributed by atoms with Gasteiger partial charge >= 0.3 is 11.9 Å². The van der Waals surface area contributed by atoms with Crippen molar-refractivity contribution in [3.05, 3.63) is 64.9 Å². The molecule has 0 spiro atoms. The lowest BCUT2D eigenvalue weighted by molar-refractivity contribution is -0.138. The Morgan fingerprint density at radius 1 is 1.00 bits per heavy atom. The van der Waals surface area contributed by atoms with Gasteiger partial charge in [-0.25, -0.2) is 9.59 Å². The van der Waals surface area contributed by atoms with Gasteiger partial charge in [-0.3, -0.25) is 0 Å². The first-order valence-corrected chi connectivity index (χ1v) is 7.41. The number of aromatic hydroxyl groups is 1. The van der Waals surface area contributed by atoms with Gasteiger partial charge < -0.3 is 19.3 Å². The van der Waals surface area contributed by atoms with Gasteiger partial charge in [0, 0.05) is 0 Å². The van der Waals surface area contributed by atoms with Crippen LogP contribution < -0.4 is 4.74 Å². The zero-order valence-electron chi connectivity index (χ0n) is 14.1. The maximum atomic E-state index is 12.0. The van der Waals surface area contributed by atoms with Crippen LogP contribution in [0, 0.1) is 6.92 Å². The molecule has 0 saturated carbocycles. The number of aryl methyl sites for hydroxylation is 1. The third-order valence-corrected chi connectivity index (χ3v) is 3.39. The highest BCUT2D eigenvalue weighted by atomic mass is 16.6. The van der Waals surface area contributed by atoms with E-state index in [4.69, 9.17) is 9.47 Å². The van der Waals surface area contributed by atoms with Crippen molar-refractivity contribution >= 4 is 18.0 Å². The number of methoxy groups -OCH3 is 2. The Hall–Kier alpha value is -3.28. The van der Waals surface area contributed by atoms with Gasteiger partial charge in [0.2, 0.25) is 5.76 Å². The first-order valence-electron chi connectivity index (χ1n) is 7.41. The number of benzene rings is 2. The molecule has 0 aliphatic rings. The van der Waals surface area contributed by atoms with Crippen molar-refractivity contribution in [2.75, 3.05) is 14.2 Å². The molecule has 0 fully saturated rings. The Kier molecular flexibility index (Phi) is 5.79. The number of carbonyl (C=O) groups excluding carboxylic acids is 2. The van der Waals surface area contributed by atoms with Gasteiger partial charge in [0.25, 0.3) is 0 Å². The fraction of sp³-hybridized carbons (Fsp3) is 0.158. The summed E-state index contributed by atoms with van der Waals surface area (Å²) in [6.07, 6.45) is 1.48. The molecular formula is C19H18O6. The minimum Gasteiger partial charge on any atom is -0.504 e. The van der Waals surface area contributed by atoms with Gasteiger partial charge in [0.05, 0.1) is 14.2 Å². The molecule has 0 aliphatic carbocycles. The molecule has 0 bridgehead atoms. The molecule has 130 valence electrons. The predicted octanol–water partition coefficient (Wildman–Crippen LogP) is 3.08. The van der Waals surface area contributed by atoms with Crippen LogP contribution in [0.5, 0.6) is 11.5 Å². The molecule has 2 aromatic carbocycles. The van der Waals surface area contributed by atoms with Crippen LogP contribution in [0.25, 0.3) is 6.08 Å². The van der Waals surface area contributed by atoms with E-state index in [-0.39, 0.29) is 17.1 Å². The number of phenolic OH excluding ortho intramolecular Hbond substituents is 1. The summed E-state index contributed by atoms with van der Waals surface area (Å²) in [4.78, 5) is 23.6. The van der Waals surface area contributed by atoms with Gasteiger partial charge in [-0.2, -0.15) is 0 Å². The van der Waals surface area contributed by atoms with E-state index in [1.165, 1.54) is 38.5 Å². The van der Waals surface area contributed by atoms with Crippen molar-refractivity contribution in [1.29, 1.82) is 0 Å². The smallest absolute Gasteiger partial charge is 0.373 e. The number of hydrogen-bond donors (Lipinski definition) is 1. The molecule has 1 N–H and O–H groups in total. The van der Waals surface area contributed by atoms with E-state index in [9.17, 15) is 14.7 Å². The lowest BCUT2D eigenvalue weighted by Crippen LogP contribution is -2.11. The van der Waals surface area contributed by atoms with Crippen LogP contribution in [0.2, 0.25) is 0 Å². The fourth-order valence-corrected chi connectivity index (χ4v) is 2.04. The van der Waals surface area contributed by atoms with Crippen LogP contribution in [-0.2, 0) is 14.3 Å². The minimum absolute atomic E-state index is 0.0633. The Morgan fingerprint density at radius 2 is 1.68 bits per heavy atom. The molecule has 0 unspecified atom stereocenters. The molecule has 0 aromatic heterocycles. The first-order chi connectivity index (χ1) is 12.0. The minimum atomic E-state index is -0.719. The quantitative estimate of drug-likeness (QED) is 0.511. The Balaban J connectivity index is 2.40. The zero-order valence-corrected chi connectivity index (χ0v) is 14.1. The van der Waals surface area contributed by atoms with Gasteiger partial charge in [-0.05, 0) is 30.7 Å². The maximum Gasteiger partial charge on any atom is 0.373 e. The summed E-state index contributed by atoms with van der Waals surface area (Å²) in [5.41, 5.74) is 1.72. The number of rotatable bonds is 5. The van der Waals surface area contributed by atoms with Crippen LogP contribution in [0.1, 0.15) is 21.5 Å². The largest absolute Gasteiger partial charge is 0.504 e. The third kappa shape index (κ3) is 4.38. The van der Waals surface area contributed by atoms with Crippen molar-refractivity contribution in [2.24, 2.45) is 0 Å². The normalized spacial score (nSPS) is 10.9. The Labute approximate surface area is 145 Å². The Morgan fingerprint density at radius 3 is 2.28 bits per heavy atom.